The number of hydrogen-bond donors (Lipinski definition) is 0. The van der Waals surface area contributed by atoms with Crippen molar-refractivity contribution in [2.45, 2.75) is 31.6 Å². The molecule has 1 saturated heterocycles. The van der Waals surface area contributed by atoms with Gasteiger partial charge in [0.25, 0.3) is 0 Å². The summed E-state index contributed by atoms with van der Waals surface area (Å²) < 4.78 is 5.38. The number of para-hydroxylation sites is 1. The average Bonchev–Trinajstić information content (AvgIpc) is 2.89. The minimum absolute atomic E-state index is 0.172. The van der Waals surface area contributed by atoms with Gasteiger partial charge >= 0.3 is 0 Å². The molecular weight excluding hydrogens is 334 g/mol. The normalized spacial score (nSPS) is 17.8. The van der Waals surface area contributed by atoms with Gasteiger partial charge in [0.15, 0.2) is 0 Å². The Morgan fingerprint density at radius 3 is 2.68 bits per heavy atom. The van der Waals surface area contributed by atoms with E-state index in [-0.39, 0.29) is 5.91 Å². The summed E-state index contributed by atoms with van der Waals surface area (Å²) >= 11 is 6.00. The molecule has 2 aromatic rings. The topological polar surface area (TPSA) is 29.5 Å². The molecule has 0 unspecified atom stereocenters. The van der Waals surface area contributed by atoms with Crippen molar-refractivity contribution in [1.29, 1.82) is 0 Å². The zero-order chi connectivity index (χ0) is 17.6. The van der Waals surface area contributed by atoms with E-state index in [1.807, 2.05) is 41.3 Å². The van der Waals surface area contributed by atoms with Crippen LogP contribution in [0.2, 0.25) is 5.02 Å². The molecule has 132 valence electrons. The maximum Gasteiger partial charge on any atom is 0.227 e. The fraction of sp³-hybridized carbons (Fsp3) is 0.381. The Hall–Kier alpha value is -2.00. The number of carbonyl (C=O) groups excluding carboxylic acids is 1. The van der Waals surface area contributed by atoms with E-state index in [0.717, 1.165) is 48.7 Å². The Morgan fingerprint density at radius 2 is 1.92 bits per heavy atom. The minimum atomic E-state index is 0.172. The molecule has 3 nitrogen and oxygen atoms in total. The number of nitrogens with zero attached hydrogens (tertiary/aromatic N) is 1. The molecule has 1 aliphatic rings. The molecule has 0 N–H and O–H groups in total. The summed E-state index contributed by atoms with van der Waals surface area (Å²) in [4.78, 5) is 14.9. The second-order valence-corrected chi connectivity index (χ2v) is 7.01. The molecule has 0 radical (unpaired) electrons. The lowest BCUT2D eigenvalue weighted by Crippen LogP contribution is -2.35. The molecule has 3 rings (SSSR count). The van der Waals surface area contributed by atoms with E-state index in [2.05, 4.69) is 12.1 Å². The molecule has 4 heteroatoms. The van der Waals surface area contributed by atoms with Crippen LogP contribution in [0.1, 0.15) is 36.3 Å². The highest BCUT2D eigenvalue weighted by atomic mass is 35.5. The number of hydrogen-bond acceptors (Lipinski definition) is 2. The third kappa shape index (κ3) is 4.55. The monoisotopic (exact) mass is 357 g/mol. The maximum atomic E-state index is 12.9. The quantitative estimate of drug-likeness (QED) is 0.794. The largest absolute Gasteiger partial charge is 0.496 e. The Balaban J connectivity index is 1.72. The predicted octanol–water partition coefficient (Wildman–Crippen LogP) is 4.69. The van der Waals surface area contributed by atoms with Crippen molar-refractivity contribution < 1.29 is 9.53 Å². The van der Waals surface area contributed by atoms with Crippen molar-refractivity contribution in [2.24, 2.45) is 0 Å². The first-order valence-corrected chi connectivity index (χ1v) is 9.20. The molecule has 1 heterocycles. The van der Waals surface area contributed by atoms with Gasteiger partial charge in [-0.25, -0.2) is 0 Å². The molecule has 25 heavy (non-hydrogen) atoms. The summed E-state index contributed by atoms with van der Waals surface area (Å²) in [5, 5.41) is 0.751. The Bertz CT molecular complexity index is 714. The third-order valence-corrected chi connectivity index (χ3v) is 5.15. The summed E-state index contributed by atoms with van der Waals surface area (Å²) in [6.45, 7) is 1.60. The lowest BCUT2D eigenvalue weighted by molar-refractivity contribution is -0.130. The van der Waals surface area contributed by atoms with Crippen molar-refractivity contribution in [2.75, 3.05) is 20.2 Å². The molecule has 0 aromatic heterocycles. The average molecular weight is 358 g/mol. The van der Waals surface area contributed by atoms with E-state index in [1.165, 1.54) is 5.56 Å². The zero-order valence-corrected chi connectivity index (χ0v) is 15.3. The maximum absolute atomic E-state index is 12.9. The highest BCUT2D eigenvalue weighted by Gasteiger charge is 2.23. The van der Waals surface area contributed by atoms with Crippen LogP contribution in [0.25, 0.3) is 0 Å². The van der Waals surface area contributed by atoms with Crippen LogP contribution in [0.5, 0.6) is 5.75 Å². The van der Waals surface area contributed by atoms with Crippen LogP contribution in [0.3, 0.4) is 0 Å². The molecule has 0 spiro atoms. The standard InChI is InChI=1S/C21H24ClNO2/c1-25-20-8-3-2-6-17(20)14-21(24)23-13-5-4-7-18(15-23)16-9-11-19(22)12-10-16/h2-3,6,8-12,18H,4-5,7,13-15H2,1H3/t18-/m1/s1. The van der Waals surface area contributed by atoms with Gasteiger partial charge in [0.05, 0.1) is 13.5 Å². The van der Waals surface area contributed by atoms with Crippen molar-refractivity contribution in [1.82, 2.24) is 4.90 Å². The summed E-state index contributed by atoms with van der Waals surface area (Å²) in [5.41, 5.74) is 2.21. The summed E-state index contributed by atoms with van der Waals surface area (Å²) in [7, 11) is 1.64. The van der Waals surface area contributed by atoms with Gasteiger partial charge in [0.1, 0.15) is 5.75 Å². The number of benzene rings is 2. The van der Waals surface area contributed by atoms with E-state index in [4.69, 9.17) is 16.3 Å². The van der Waals surface area contributed by atoms with E-state index in [9.17, 15) is 4.79 Å². The highest BCUT2D eigenvalue weighted by molar-refractivity contribution is 6.30. The van der Waals surface area contributed by atoms with Crippen LogP contribution in [-0.2, 0) is 11.2 Å². The van der Waals surface area contributed by atoms with Gasteiger partial charge in [-0.2, -0.15) is 0 Å². The zero-order valence-electron chi connectivity index (χ0n) is 14.6. The van der Waals surface area contributed by atoms with Crippen LogP contribution in [0.15, 0.2) is 48.5 Å². The van der Waals surface area contributed by atoms with Crippen LogP contribution in [0, 0.1) is 0 Å². The molecule has 1 amide bonds. The Kier molecular flexibility index (Phi) is 5.98. The van der Waals surface area contributed by atoms with Gasteiger partial charge < -0.3 is 9.64 Å². The second kappa shape index (κ2) is 8.39. The van der Waals surface area contributed by atoms with Crippen molar-refractivity contribution in [3.8, 4) is 5.75 Å². The van der Waals surface area contributed by atoms with Gasteiger partial charge in [0.2, 0.25) is 5.91 Å². The van der Waals surface area contributed by atoms with E-state index >= 15 is 0 Å². The van der Waals surface area contributed by atoms with Crippen molar-refractivity contribution >= 4 is 17.5 Å². The number of amides is 1. The van der Waals surface area contributed by atoms with Gasteiger partial charge in [-0.3, -0.25) is 4.79 Å². The first kappa shape index (κ1) is 17.8. The van der Waals surface area contributed by atoms with Crippen LogP contribution in [0.4, 0.5) is 0 Å². The molecule has 0 aliphatic carbocycles. The number of carbonyl (C=O) groups is 1. The fourth-order valence-electron chi connectivity index (χ4n) is 3.50. The highest BCUT2D eigenvalue weighted by Crippen LogP contribution is 2.28. The van der Waals surface area contributed by atoms with Gasteiger partial charge in [-0.15, -0.1) is 0 Å². The fourth-order valence-corrected chi connectivity index (χ4v) is 3.63. The molecule has 0 saturated carbocycles. The van der Waals surface area contributed by atoms with Crippen molar-refractivity contribution in [3.63, 3.8) is 0 Å². The molecular formula is C21H24ClNO2. The molecule has 1 atom stereocenters. The smallest absolute Gasteiger partial charge is 0.227 e. The van der Waals surface area contributed by atoms with Crippen LogP contribution in [-0.4, -0.2) is 31.0 Å². The number of rotatable bonds is 4. The van der Waals surface area contributed by atoms with E-state index in [0.29, 0.717) is 12.3 Å². The summed E-state index contributed by atoms with van der Waals surface area (Å²) in [6.07, 6.45) is 3.70. The number of halogens is 1. The first-order valence-electron chi connectivity index (χ1n) is 8.82. The number of methoxy groups -OCH3 is 1. The van der Waals surface area contributed by atoms with Crippen LogP contribution < -0.4 is 4.74 Å². The molecule has 1 fully saturated rings. The van der Waals surface area contributed by atoms with Crippen LogP contribution >= 0.6 is 11.6 Å². The van der Waals surface area contributed by atoms with E-state index < -0.39 is 0 Å². The Morgan fingerprint density at radius 1 is 1.16 bits per heavy atom. The molecule has 1 aliphatic heterocycles. The Labute approximate surface area is 154 Å². The molecule has 2 aromatic carbocycles. The lowest BCUT2D eigenvalue weighted by Gasteiger charge is -2.25. The van der Waals surface area contributed by atoms with E-state index in [1.54, 1.807) is 7.11 Å². The van der Waals surface area contributed by atoms with Gasteiger partial charge in [-0.1, -0.05) is 48.4 Å². The van der Waals surface area contributed by atoms with Gasteiger partial charge in [-0.05, 0) is 36.6 Å². The lowest BCUT2D eigenvalue weighted by atomic mass is 9.94. The number of ether oxygens (including phenoxy) is 1. The predicted molar refractivity (Wildman–Crippen MR) is 101 cm³/mol. The summed E-state index contributed by atoms with van der Waals surface area (Å²) in [6, 6.07) is 15.8. The SMILES string of the molecule is COc1ccccc1CC(=O)N1CCCC[C@@H](c2ccc(Cl)cc2)C1. The van der Waals surface area contributed by atoms with Crippen molar-refractivity contribution in [3.05, 3.63) is 64.7 Å². The third-order valence-electron chi connectivity index (χ3n) is 4.90. The number of likely N-dealkylation sites (tertiary alicyclic amines) is 1. The molecule has 0 bridgehead atoms. The second-order valence-electron chi connectivity index (χ2n) is 6.57. The summed E-state index contributed by atoms with van der Waals surface area (Å²) in [5.74, 6) is 1.33. The minimum Gasteiger partial charge on any atom is -0.496 e. The van der Waals surface area contributed by atoms with Gasteiger partial charge in [0, 0.05) is 29.6 Å². The first-order chi connectivity index (χ1) is 12.2.